The molecule has 6 heteroatoms. The van der Waals surface area contributed by atoms with Gasteiger partial charge in [-0.05, 0) is 76.1 Å². The summed E-state index contributed by atoms with van der Waals surface area (Å²) in [7, 11) is 0. The molecule has 2 unspecified atom stereocenters. The van der Waals surface area contributed by atoms with Gasteiger partial charge in [0.2, 0.25) is 0 Å². The summed E-state index contributed by atoms with van der Waals surface area (Å²) >= 11 is 0. The average molecular weight is 836 g/mol. The van der Waals surface area contributed by atoms with Crippen LogP contribution in [0.2, 0.25) is 0 Å². The highest BCUT2D eigenvalue weighted by Gasteiger charge is 2.31. The van der Waals surface area contributed by atoms with Gasteiger partial charge >= 0.3 is 0 Å². The lowest BCUT2D eigenvalue weighted by atomic mass is 9.81. The van der Waals surface area contributed by atoms with Crippen LogP contribution in [0.25, 0.3) is 101 Å². The highest BCUT2D eigenvalue weighted by Crippen LogP contribution is 2.47. The maximum atomic E-state index is 6.55. The SMILES string of the molecule is CC1c2ccc(-c3ccc4oc5cccc(-c6nc(-c7ccccc7)nc(-c7ccccc7)n6)c5c4c3)cc2-c2ccccc2CC1c1cc(-c2ccccc2)nc(-c2ccccc2)n1. The first-order valence-corrected chi connectivity index (χ1v) is 22.2. The fourth-order valence-corrected chi connectivity index (χ4v) is 9.57. The van der Waals surface area contributed by atoms with Gasteiger partial charge in [0.15, 0.2) is 23.3 Å². The van der Waals surface area contributed by atoms with E-state index in [0.29, 0.717) is 17.5 Å². The average Bonchev–Trinajstić information content (AvgIpc) is 3.71. The van der Waals surface area contributed by atoms with Gasteiger partial charge in [0, 0.05) is 50.2 Å². The van der Waals surface area contributed by atoms with E-state index in [2.05, 4.69) is 128 Å². The normalized spacial score (nSPS) is 14.5. The quantitative estimate of drug-likeness (QED) is 0.159. The van der Waals surface area contributed by atoms with Crippen molar-refractivity contribution < 1.29 is 4.42 Å². The van der Waals surface area contributed by atoms with Crippen LogP contribution in [-0.4, -0.2) is 24.9 Å². The van der Waals surface area contributed by atoms with Crippen molar-refractivity contribution >= 4 is 21.9 Å². The molecule has 1 aliphatic rings. The molecule has 2 atom stereocenters. The Kier molecular flexibility index (Phi) is 9.49. The highest BCUT2D eigenvalue weighted by molar-refractivity contribution is 6.12. The maximum absolute atomic E-state index is 6.55. The zero-order chi connectivity index (χ0) is 43.3. The van der Waals surface area contributed by atoms with Gasteiger partial charge < -0.3 is 4.42 Å². The second-order valence-corrected chi connectivity index (χ2v) is 16.8. The number of benzene rings is 8. The Hall–Kier alpha value is -8.35. The summed E-state index contributed by atoms with van der Waals surface area (Å²) in [6, 6.07) is 71.7. The van der Waals surface area contributed by atoms with Crippen molar-refractivity contribution in [1.29, 1.82) is 0 Å². The fraction of sp³-hybridized carbons (Fsp3) is 0.0678. The molecular weight excluding hydrogens is 795 g/mol. The number of hydrogen-bond acceptors (Lipinski definition) is 6. The summed E-state index contributed by atoms with van der Waals surface area (Å²) in [4.78, 5) is 25.6. The second-order valence-electron chi connectivity index (χ2n) is 16.8. The van der Waals surface area contributed by atoms with Crippen molar-refractivity contribution in [3.05, 3.63) is 223 Å². The third-order valence-corrected chi connectivity index (χ3v) is 12.9. The molecule has 3 aromatic heterocycles. The van der Waals surface area contributed by atoms with Crippen LogP contribution in [0.15, 0.2) is 211 Å². The maximum Gasteiger partial charge on any atom is 0.164 e. The number of nitrogens with zero attached hydrogens (tertiary/aromatic N) is 5. The summed E-state index contributed by atoms with van der Waals surface area (Å²) in [5, 5.41) is 1.98. The topological polar surface area (TPSA) is 77.6 Å². The number of hydrogen-bond donors (Lipinski definition) is 0. The first kappa shape index (κ1) is 38.3. The van der Waals surface area contributed by atoms with Crippen molar-refractivity contribution in [2.24, 2.45) is 0 Å². The lowest BCUT2D eigenvalue weighted by molar-refractivity contribution is 0.564. The van der Waals surface area contributed by atoms with E-state index in [0.717, 1.165) is 84.5 Å². The van der Waals surface area contributed by atoms with Crippen LogP contribution in [0.5, 0.6) is 0 Å². The smallest absolute Gasteiger partial charge is 0.164 e. The molecule has 1 aliphatic carbocycles. The van der Waals surface area contributed by atoms with Gasteiger partial charge in [-0.15, -0.1) is 0 Å². The van der Waals surface area contributed by atoms with Gasteiger partial charge in [-0.3, -0.25) is 0 Å². The molecule has 0 radical (unpaired) electrons. The first-order valence-electron chi connectivity index (χ1n) is 22.2. The molecule has 8 aromatic carbocycles. The summed E-state index contributed by atoms with van der Waals surface area (Å²) in [5.74, 6) is 2.86. The molecule has 3 heterocycles. The number of rotatable bonds is 7. The van der Waals surface area contributed by atoms with E-state index in [1.807, 2.05) is 84.9 Å². The zero-order valence-corrected chi connectivity index (χ0v) is 35.6. The first-order chi connectivity index (χ1) is 32.1. The van der Waals surface area contributed by atoms with Crippen LogP contribution in [0.3, 0.4) is 0 Å². The monoisotopic (exact) mass is 835 g/mol. The molecule has 0 fully saturated rings. The Balaban J connectivity index is 0.977. The van der Waals surface area contributed by atoms with E-state index >= 15 is 0 Å². The third-order valence-electron chi connectivity index (χ3n) is 12.9. The molecule has 308 valence electrons. The number of fused-ring (bicyclic) bond motifs is 6. The van der Waals surface area contributed by atoms with Crippen LogP contribution in [0, 0.1) is 0 Å². The lowest BCUT2D eigenvalue weighted by Gasteiger charge is -2.24. The van der Waals surface area contributed by atoms with Crippen molar-refractivity contribution in [2.75, 3.05) is 0 Å². The molecule has 0 aliphatic heterocycles. The second kappa shape index (κ2) is 16.1. The summed E-state index contributed by atoms with van der Waals surface area (Å²) in [6.07, 6.45) is 0.853. The molecule has 0 spiro atoms. The lowest BCUT2D eigenvalue weighted by Crippen LogP contribution is -2.13. The minimum Gasteiger partial charge on any atom is -0.456 e. The van der Waals surface area contributed by atoms with Gasteiger partial charge in [-0.1, -0.05) is 183 Å². The molecular formula is C59H41N5O. The summed E-state index contributed by atoms with van der Waals surface area (Å²) in [5.41, 5.74) is 15.8. The molecule has 0 saturated heterocycles. The van der Waals surface area contributed by atoms with Gasteiger partial charge in [0.25, 0.3) is 0 Å². The Morgan fingerprint density at radius 3 is 1.63 bits per heavy atom. The van der Waals surface area contributed by atoms with Crippen molar-refractivity contribution in [1.82, 2.24) is 24.9 Å². The van der Waals surface area contributed by atoms with E-state index in [-0.39, 0.29) is 11.8 Å². The van der Waals surface area contributed by atoms with Gasteiger partial charge in [-0.25, -0.2) is 24.9 Å². The summed E-state index contributed by atoms with van der Waals surface area (Å²) < 4.78 is 6.55. The Labute approximate surface area is 377 Å². The molecule has 0 amide bonds. The van der Waals surface area contributed by atoms with Crippen LogP contribution in [0.4, 0.5) is 0 Å². The fourth-order valence-electron chi connectivity index (χ4n) is 9.57. The van der Waals surface area contributed by atoms with Crippen molar-refractivity contribution in [2.45, 2.75) is 25.2 Å². The van der Waals surface area contributed by atoms with E-state index < -0.39 is 0 Å². The van der Waals surface area contributed by atoms with Crippen molar-refractivity contribution in [3.8, 4) is 79.1 Å². The Morgan fingerprint density at radius 1 is 0.400 bits per heavy atom. The predicted octanol–water partition coefficient (Wildman–Crippen LogP) is 14.7. The van der Waals surface area contributed by atoms with Gasteiger partial charge in [-0.2, -0.15) is 0 Å². The minimum atomic E-state index is 0.114. The molecule has 12 rings (SSSR count). The molecule has 6 nitrogen and oxygen atoms in total. The number of furan rings is 1. The van der Waals surface area contributed by atoms with E-state index in [9.17, 15) is 0 Å². The van der Waals surface area contributed by atoms with E-state index in [1.165, 1.54) is 22.3 Å². The van der Waals surface area contributed by atoms with Gasteiger partial charge in [0.05, 0.1) is 5.69 Å². The molecule has 0 saturated carbocycles. The van der Waals surface area contributed by atoms with E-state index in [4.69, 9.17) is 29.3 Å². The van der Waals surface area contributed by atoms with Crippen molar-refractivity contribution in [3.63, 3.8) is 0 Å². The van der Waals surface area contributed by atoms with Crippen LogP contribution >= 0.6 is 0 Å². The minimum absolute atomic E-state index is 0.114. The molecule has 0 N–H and O–H groups in total. The van der Waals surface area contributed by atoms with Crippen LogP contribution in [0.1, 0.15) is 35.6 Å². The standard InChI is InChI=1S/C59H41N5O/c1-37-45-31-29-42(33-49(45)46-26-15-14-25-44(46)35-48(37)52-36-51(38-17-6-2-7-18-38)60-56(61-52)39-19-8-3-9-20-39)43-30-32-53-50(34-43)55-47(27-16-28-54(55)65-53)59-63-57(40-21-10-4-11-22-40)62-58(64-59)41-23-12-5-13-24-41/h2-34,36-37,48H,35H2,1H3. The Bertz CT molecular complexity index is 3420. The van der Waals surface area contributed by atoms with Crippen LogP contribution in [-0.2, 0) is 6.42 Å². The Morgan fingerprint density at radius 2 is 0.954 bits per heavy atom. The third kappa shape index (κ3) is 7.06. The molecule has 65 heavy (non-hydrogen) atoms. The zero-order valence-electron chi connectivity index (χ0n) is 35.6. The van der Waals surface area contributed by atoms with Gasteiger partial charge in [0.1, 0.15) is 11.2 Å². The molecule has 0 bridgehead atoms. The summed E-state index contributed by atoms with van der Waals surface area (Å²) in [6.45, 7) is 2.36. The molecule has 11 aromatic rings. The predicted molar refractivity (Wildman–Crippen MR) is 262 cm³/mol. The highest BCUT2D eigenvalue weighted by atomic mass is 16.3. The van der Waals surface area contributed by atoms with Crippen LogP contribution < -0.4 is 0 Å². The largest absolute Gasteiger partial charge is 0.456 e. The number of aromatic nitrogens is 5. The van der Waals surface area contributed by atoms with E-state index in [1.54, 1.807) is 0 Å².